The number of benzene rings is 1. The molecule has 2 N–H and O–H groups in total. The Balaban J connectivity index is 2.11. The maximum absolute atomic E-state index is 9.96. The molecule has 0 heterocycles. The summed E-state index contributed by atoms with van der Waals surface area (Å²) in [5, 5.41) is 13.7. The fourth-order valence-electron chi connectivity index (χ4n) is 3.33. The largest absolute Gasteiger partial charge is 0.394 e. The minimum absolute atomic E-state index is 0.143. The van der Waals surface area contributed by atoms with E-state index in [-0.39, 0.29) is 12.1 Å². The van der Waals surface area contributed by atoms with E-state index in [4.69, 9.17) is 0 Å². The topological polar surface area (TPSA) is 32.3 Å². The first-order valence-corrected chi connectivity index (χ1v) is 8.54. The Labute approximate surface area is 130 Å². The lowest BCUT2D eigenvalue weighted by Gasteiger charge is -2.34. The molecule has 21 heavy (non-hydrogen) atoms. The van der Waals surface area contributed by atoms with Crippen LogP contribution in [0, 0.1) is 0 Å². The monoisotopic (exact) mass is 289 g/mol. The van der Waals surface area contributed by atoms with Crippen molar-refractivity contribution in [1.82, 2.24) is 5.32 Å². The molecule has 2 rings (SSSR count). The van der Waals surface area contributed by atoms with Gasteiger partial charge < -0.3 is 10.4 Å². The standard InChI is InChI=1S/C19H31NO/c1-15(2)16-10-12-17(13-11-16)19(3,14-21)20-18-8-6-4-5-7-9-18/h10-13,15,18,20-21H,4-9,14H2,1-3H3. The van der Waals surface area contributed by atoms with Gasteiger partial charge in [0, 0.05) is 6.04 Å². The zero-order chi connectivity index (χ0) is 15.3. The van der Waals surface area contributed by atoms with Crippen molar-refractivity contribution in [2.24, 2.45) is 0 Å². The van der Waals surface area contributed by atoms with E-state index in [0.29, 0.717) is 12.0 Å². The summed E-state index contributed by atoms with van der Waals surface area (Å²) < 4.78 is 0. The van der Waals surface area contributed by atoms with Crippen LogP contribution in [0.2, 0.25) is 0 Å². The highest BCUT2D eigenvalue weighted by molar-refractivity contribution is 5.30. The predicted molar refractivity (Wildman–Crippen MR) is 89.6 cm³/mol. The highest BCUT2D eigenvalue weighted by atomic mass is 16.3. The lowest BCUT2D eigenvalue weighted by atomic mass is 9.89. The van der Waals surface area contributed by atoms with Gasteiger partial charge in [0.1, 0.15) is 0 Å². The Morgan fingerprint density at radius 3 is 2.14 bits per heavy atom. The zero-order valence-corrected chi connectivity index (χ0v) is 13.9. The van der Waals surface area contributed by atoms with Crippen LogP contribution in [0.5, 0.6) is 0 Å². The van der Waals surface area contributed by atoms with Crippen LogP contribution < -0.4 is 5.32 Å². The van der Waals surface area contributed by atoms with E-state index in [1.807, 2.05) is 0 Å². The molecule has 0 spiro atoms. The molecule has 2 heteroatoms. The molecule has 1 aliphatic rings. The highest BCUT2D eigenvalue weighted by Gasteiger charge is 2.29. The average molecular weight is 289 g/mol. The van der Waals surface area contributed by atoms with Crippen LogP contribution in [0.4, 0.5) is 0 Å². The Bertz CT molecular complexity index is 418. The first kappa shape index (κ1) is 16.5. The summed E-state index contributed by atoms with van der Waals surface area (Å²) in [5.41, 5.74) is 2.22. The van der Waals surface area contributed by atoms with E-state index in [9.17, 15) is 5.11 Å². The molecule has 1 aliphatic carbocycles. The van der Waals surface area contributed by atoms with Crippen LogP contribution in [0.1, 0.15) is 76.3 Å². The minimum Gasteiger partial charge on any atom is -0.394 e. The number of hydrogen-bond donors (Lipinski definition) is 2. The Morgan fingerprint density at radius 2 is 1.67 bits per heavy atom. The van der Waals surface area contributed by atoms with Crippen molar-refractivity contribution in [2.45, 2.75) is 76.8 Å². The second kappa shape index (κ2) is 7.42. The maximum Gasteiger partial charge on any atom is 0.0652 e. The molecule has 1 aromatic rings. The van der Waals surface area contributed by atoms with Crippen molar-refractivity contribution in [1.29, 1.82) is 0 Å². The first-order chi connectivity index (χ1) is 10.0. The summed E-state index contributed by atoms with van der Waals surface area (Å²) in [6.07, 6.45) is 7.81. The normalized spacial score (nSPS) is 20.2. The van der Waals surface area contributed by atoms with Crippen LogP contribution in [0.3, 0.4) is 0 Å². The second-order valence-electron chi connectivity index (χ2n) is 7.10. The van der Waals surface area contributed by atoms with Gasteiger partial charge in [-0.05, 0) is 36.8 Å². The molecule has 1 aromatic carbocycles. The minimum atomic E-state index is -0.329. The van der Waals surface area contributed by atoms with E-state index in [1.54, 1.807) is 0 Å². The average Bonchev–Trinajstić information content (AvgIpc) is 2.75. The fraction of sp³-hybridized carbons (Fsp3) is 0.684. The number of hydrogen-bond acceptors (Lipinski definition) is 2. The molecule has 0 radical (unpaired) electrons. The van der Waals surface area contributed by atoms with Crippen LogP contribution in [0.25, 0.3) is 0 Å². The molecule has 1 fully saturated rings. The fourth-order valence-corrected chi connectivity index (χ4v) is 3.33. The van der Waals surface area contributed by atoms with Crippen LogP contribution >= 0.6 is 0 Å². The molecular formula is C19H31NO. The summed E-state index contributed by atoms with van der Waals surface area (Å²) in [6.45, 7) is 6.70. The van der Waals surface area contributed by atoms with Crippen molar-refractivity contribution in [2.75, 3.05) is 6.61 Å². The summed E-state index contributed by atoms with van der Waals surface area (Å²) in [7, 11) is 0. The molecule has 0 bridgehead atoms. The quantitative estimate of drug-likeness (QED) is 0.791. The van der Waals surface area contributed by atoms with Crippen LogP contribution in [-0.2, 0) is 5.54 Å². The lowest BCUT2D eigenvalue weighted by molar-refractivity contribution is 0.157. The number of aliphatic hydroxyl groups is 1. The Kier molecular flexibility index (Phi) is 5.83. The molecule has 0 aromatic heterocycles. The zero-order valence-electron chi connectivity index (χ0n) is 13.9. The van der Waals surface area contributed by atoms with Crippen molar-refractivity contribution >= 4 is 0 Å². The van der Waals surface area contributed by atoms with Gasteiger partial charge in [-0.2, -0.15) is 0 Å². The molecule has 1 unspecified atom stereocenters. The lowest BCUT2D eigenvalue weighted by Crippen LogP contribution is -2.48. The van der Waals surface area contributed by atoms with Gasteiger partial charge in [-0.15, -0.1) is 0 Å². The maximum atomic E-state index is 9.96. The molecular weight excluding hydrogens is 258 g/mol. The van der Waals surface area contributed by atoms with Gasteiger partial charge in [-0.3, -0.25) is 0 Å². The first-order valence-electron chi connectivity index (χ1n) is 8.54. The molecule has 1 saturated carbocycles. The SMILES string of the molecule is CC(C)c1ccc(C(C)(CO)NC2CCCCCC2)cc1. The van der Waals surface area contributed by atoms with Crippen LogP contribution in [-0.4, -0.2) is 17.8 Å². The van der Waals surface area contributed by atoms with Crippen LogP contribution in [0.15, 0.2) is 24.3 Å². The van der Waals surface area contributed by atoms with Gasteiger partial charge in [0.05, 0.1) is 12.1 Å². The van der Waals surface area contributed by atoms with Gasteiger partial charge in [0.15, 0.2) is 0 Å². The van der Waals surface area contributed by atoms with Crippen molar-refractivity contribution < 1.29 is 5.11 Å². The van der Waals surface area contributed by atoms with Crippen molar-refractivity contribution in [3.8, 4) is 0 Å². The molecule has 118 valence electrons. The second-order valence-corrected chi connectivity index (χ2v) is 7.10. The predicted octanol–water partition coefficient (Wildman–Crippen LogP) is 4.33. The van der Waals surface area contributed by atoms with Gasteiger partial charge >= 0.3 is 0 Å². The third-order valence-corrected chi connectivity index (χ3v) is 4.91. The molecule has 2 nitrogen and oxygen atoms in total. The van der Waals surface area contributed by atoms with E-state index in [1.165, 1.54) is 49.7 Å². The Morgan fingerprint density at radius 1 is 1.10 bits per heavy atom. The summed E-state index contributed by atoms with van der Waals surface area (Å²) >= 11 is 0. The van der Waals surface area contributed by atoms with Gasteiger partial charge in [-0.1, -0.05) is 63.8 Å². The van der Waals surface area contributed by atoms with Crippen molar-refractivity contribution in [3.63, 3.8) is 0 Å². The van der Waals surface area contributed by atoms with Gasteiger partial charge in [0.25, 0.3) is 0 Å². The van der Waals surface area contributed by atoms with E-state index >= 15 is 0 Å². The summed E-state index contributed by atoms with van der Waals surface area (Å²) in [6, 6.07) is 9.28. The van der Waals surface area contributed by atoms with Gasteiger partial charge in [-0.25, -0.2) is 0 Å². The van der Waals surface area contributed by atoms with Crippen molar-refractivity contribution in [3.05, 3.63) is 35.4 Å². The molecule has 1 atom stereocenters. The number of aliphatic hydroxyl groups excluding tert-OH is 1. The van der Waals surface area contributed by atoms with Gasteiger partial charge in [0.2, 0.25) is 0 Å². The third-order valence-electron chi connectivity index (χ3n) is 4.91. The highest BCUT2D eigenvalue weighted by Crippen LogP contribution is 2.26. The summed E-state index contributed by atoms with van der Waals surface area (Å²) in [4.78, 5) is 0. The van der Waals surface area contributed by atoms with E-state index < -0.39 is 0 Å². The smallest absolute Gasteiger partial charge is 0.0652 e. The molecule has 0 saturated heterocycles. The number of nitrogens with one attached hydrogen (secondary N) is 1. The van der Waals surface area contributed by atoms with E-state index in [2.05, 4.69) is 50.4 Å². The molecule has 0 aliphatic heterocycles. The molecule has 0 amide bonds. The summed E-state index contributed by atoms with van der Waals surface area (Å²) in [5.74, 6) is 0.550. The Hall–Kier alpha value is -0.860. The number of rotatable bonds is 5. The van der Waals surface area contributed by atoms with E-state index in [0.717, 1.165) is 0 Å². The third kappa shape index (κ3) is 4.31.